The Labute approximate surface area is 366 Å². The second-order valence-electron chi connectivity index (χ2n) is 16.8. The zero-order chi connectivity index (χ0) is 41.9. The van der Waals surface area contributed by atoms with Crippen LogP contribution in [0.2, 0.25) is 0 Å². The summed E-state index contributed by atoms with van der Waals surface area (Å²) < 4.78 is 9.05. The van der Waals surface area contributed by atoms with Crippen molar-refractivity contribution in [3.63, 3.8) is 0 Å². The molecular formula is C59H34N4O. The molecule has 0 unspecified atom stereocenters. The summed E-state index contributed by atoms with van der Waals surface area (Å²) in [5, 5.41) is 16.5. The van der Waals surface area contributed by atoms with Gasteiger partial charge in [0.25, 0.3) is 0 Å². The molecule has 0 amide bonds. The van der Waals surface area contributed by atoms with E-state index in [1.54, 1.807) is 0 Å². The molecule has 14 aromatic rings. The fourth-order valence-electron chi connectivity index (χ4n) is 10.0. The van der Waals surface area contributed by atoms with Crippen molar-refractivity contribution >= 4 is 97.6 Å². The summed E-state index contributed by atoms with van der Waals surface area (Å²) in [6, 6.07) is 73.6. The van der Waals surface area contributed by atoms with E-state index in [1.807, 2.05) is 30.3 Å². The molecule has 3 aromatic heterocycles. The van der Waals surface area contributed by atoms with Gasteiger partial charge in [0, 0.05) is 43.9 Å². The van der Waals surface area contributed by atoms with Gasteiger partial charge in [0.05, 0.1) is 11.0 Å². The second-order valence-corrected chi connectivity index (χ2v) is 16.8. The predicted octanol–water partition coefficient (Wildman–Crippen LogP) is 15.6. The topological polar surface area (TPSA) is 56.7 Å². The van der Waals surface area contributed by atoms with Crippen LogP contribution < -0.4 is 0 Å². The van der Waals surface area contributed by atoms with Crippen molar-refractivity contribution in [2.45, 2.75) is 0 Å². The van der Waals surface area contributed by atoms with Crippen LogP contribution in [0.4, 0.5) is 0 Å². The number of benzene rings is 11. The summed E-state index contributed by atoms with van der Waals surface area (Å²) in [7, 11) is 0. The first kappa shape index (κ1) is 35.0. The molecule has 0 saturated heterocycles. The lowest BCUT2D eigenvalue weighted by atomic mass is 10.00. The third-order valence-electron chi connectivity index (χ3n) is 13.1. The monoisotopic (exact) mass is 814 g/mol. The lowest BCUT2D eigenvalue weighted by molar-refractivity contribution is 0.669. The van der Waals surface area contributed by atoms with Crippen LogP contribution in [0.15, 0.2) is 211 Å². The minimum absolute atomic E-state index is 0.601. The van der Waals surface area contributed by atoms with E-state index in [1.165, 1.54) is 59.5 Å². The Morgan fingerprint density at radius 2 is 0.812 bits per heavy atom. The van der Waals surface area contributed by atoms with Gasteiger partial charge in [0.15, 0.2) is 17.5 Å². The van der Waals surface area contributed by atoms with Gasteiger partial charge in [-0.25, -0.2) is 15.0 Å². The fraction of sp³-hybridized carbons (Fsp3) is 0. The molecule has 11 aromatic carbocycles. The van der Waals surface area contributed by atoms with E-state index >= 15 is 0 Å². The fourth-order valence-corrected chi connectivity index (χ4v) is 10.0. The van der Waals surface area contributed by atoms with Crippen molar-refractivity contribution in [2.24, 2.45) is 0 Å². The van der Waals surface area contributed by atoms with Gasteiger partial charge in [-0.05, 0) is 121 Å². The van der Waals surface area contributed by atoms with Gasteiger partial charge in [-0.1, -0.05) is 140 Å². The molecule has 0 spiro atoms. The maximum absolute atomic E-state index is 6.62. The highest BCUT2D eigenvalue weighted by Gasteiger charge is 2.19. The summed E-state index contributed by atoms with van der Waals surface area (Å²) in [6.07, 6.45) is 0. The van der Waals surface area contributed by atoms with Crippen molar-refractivity contribution in [3.05, 3.63) is 206 Å². The van der Waals surface area contributed by atoms with E-state index < -0.39 is 0 Å². The van der Waals surface area contributed by atoms with Crippen molar-refractivity contribution in [3.8, 4) is 39.9 Å². The minimum Gasteiger partial charge on any atom is -0.456 e. The van der Waals surface area contributed by atoms with Crippen molar-refractivity contribution in [1.29, 1.82) is 0 Å². The Morgan fingerprint density at radius 1 is 0.297 bits per heavy atom. The molecule has 5 nitrogen and oxygen atoms in total. The van der Waals surface area contributed by atoms with Gasteiger partial charge in [0.2, 0.25) is 0 Å². The van der Waals surface area contributed by atoms with Gasteiger partial charge in [0.1, 0.15) is 11.2 Å². The highest BCUT2D eigenvalue weighted by atomic mass is 16.3. The van der Waals surface area contributed by atoms with Gasteiger partial charge in [-0.2, -0.15) is 0 Å². The van der Waals surface area contributed by atoms with E-state index in [2.05, 4.69) is 180 Å². The van der Waals surface area contributed by atoms with E-state index in [0.717, 1.165) is 60.5 Å². The van der Waals surface area contributed by atoms with Gasteiger partial charge >= 0.3 is 0 Å². The van der Waals surface area contributed by atoms with Crippen LogP contribution in [0.3, 0.4) is 0 Å². The Morgan fingerprint density at radius 3 is 1.53 bits per heavy atom. The first-order valence-electron chi connectivity index (χ1n) is 21.7. The van der Waals surface area contributed by atoms with Crippen LogP contribution in [0.1, 0.15) is 0 Å². The normalized spacial score (nSPS) is 12.1. The van der Waals surface area contributed by atoms with E-state index in [9.17, 15) is 0 Å². The van der Waals surface area contributed by atoms with Crippen molar-refractivity contribution in [1.82, 2.24) is 19.5 Å². The van der Waals surface area contributed by atoms with Crippen LogP contribution in [0.5, 0.6) is 0 Å². The Hall–Kier alpha value is -8.67. The number of fused-ring (bicyclic) bond motifs is 13. The Balaban J connectivity index is 0.972. The van der Waals surface area contributed by atoms with Crippen LogP contribution in [0, 0.1) is 0 Å². The number of aromatic nitrogens is 4. The van der Waals surface area contributed by atoms with Crippen LogP contribution in [-0.2, 0) is 0 Å². The number of furan rings is 1. The van der Waals surface area contributed by atoms with Gasteiger partial charge in [-0.3, -0.25) is 0 Å². The maximum Gasteiger partial charge on any atom is 0.164 e. The molecular weight excluding hydrogens is 781 g/mol. The Kier molecular flexibility index (Phi) is 7.33. The predicted molar refractivity (Wildman–Crippen MR) is 265 cm³/mol. The average molecular weight is 815 g/mol. The van der Waals surface area contributed by atoms with E-state index in [-0.39, 0.29) is 0 Å². The van der Waals surface area contributed by atoms with Gasteiger partial charge in [-0.15, -0.1) is 0 Å². The number of nitrogens with zero attached hydrogens (tertiary/aromatic N) is 4. The zero-order valence-electron chi connectivity index (χ0n) is 34.3. The molecule has 0 N–H and O–H groups in total. The third-order valence-corrected chi connectivity index (χ3v) is 13.1. The smallest absolute Gasteiger partial charge is 0.164 e. The molecule has 14 rings (SSSR count). The van der Waals surface area contributed by atoms with Crippen molar-refractivity contribution in [2.75, 3.05) is 0 Å². The quantitative estimate of drug-likeness (QED) is 0.166. The number of hydrogen-bond donors (Lipinski definition) is 0. The SMILES string of the molecule is c1ccc(-c2nc(-c3ccc4c(ccc5ccccc54)c3)nc(-c3ccc4oc5ccc6ccc(-n7c8cc9ccccc9cc8c8cc9ccccc9cc87)cc6c5c4c3)n2)cc1. The van der Waals surface area contributed by atoms with E-state index in [4.69, 9.17) is 19.4 Å². The van der Waals surface area contributed by atoms with E-state index in [0.29, 0.717) is 17.5 Å². The second kappa shape index (κ2) is 13.4. The highest BCUT2D eigenvalue weighted by molar-refractivity contribution is 6.21. The average Bonchev–Trinajstić information content (AvgIpc) is 3.89. The van der Waals surface area contributed by atoms with Crippen LogP contribution in [-0.4, -0.2) is 19.5 Å². The summed E-state index contributed by atoms with van der Waals surface area (Å²) >= 11 is 0. The molecule has 0 bridgehead atoms. The molecule has 0 fully saturated rings. The van der Waals surface area contributed by atoms with Crippen molar-refractivity contribution < 1.29 is 4.42 Å². The lowest BCUT2D eigenvalue weighted by Gasteiger charge is -2.11. The summed E-state index contributed by atoms with van der Waals surface area (Å²) in [4.78, 5) is 15.4. The lowest BCUT2D eigenvalue weighted by Crippen LogP contribution is -2.00. The van der Waals surface area contributed by atoms with Crippen LogP contribution >= 0.6 is 0 Å². The molecule has 296 valence electrons. The number of rotatable bonds is 4. The standard InChI is InChI=1S/C59H34N4O/c1-2-11-37(12-3-1)57-60-58(43-21-25-47-42(28-43)19-18-35-10-8-9-17-46(35)47)62-59(61-57)44-23-26-54-51(31-44)56-48-34-45(24-20-36(48)22-27-55(56)64-54)63-52-32-40-15-6-4-13-38(40)29-49(52)50-30-39-14-5-7-16-41(39)33-53(50)63/h1-34H. The Bertz CT molecular complexity index is 4170. The largest absolute Gasteiger partial charge is 0.456 e. The minimum atomic E-state index is 0.601. The third kappa shape index (κ3) is 5.34. The maximum atomic E-state index is 6.62. The molecule has 0 saturated carbocycles. The summed E-state index contributed by atoms with van der Waals surface area (Å²) in [6.45, 7) is 0. The molecule has 0 atom stereocenters. The molecule has 3 heterocycles. The molecule has 0 aliphatic carbocycles. The summed E-state index contributed by atoms with van der Waals surface area (Å²) in [5.41, 5.74) is 7.84. The summed E-state index contributed by atoms with van der Waals surface area (Å²) in [5.74, 6) is 1.85. The number of hydrogen-bond acceptors (Lipinski definition) is 4. The molecule has 0 aliphatic heterocycles. The first-order chi connectivity index (χ1) is 31.7. The van der Waals surface area contributed by atoms with Gasteiger partial charge < -0.3 is 8.98 Å². The first-order valence-corrected chi connectivity index (χ1v) is 21.7. The molecule has 64 heavy (non-hydrogen) atoms. The molecule has 0 aliphatic rings. The highest BCUT2D eigenvalue weighted by Crippen LogP contribution is 2.41. The molecule has 0 radical (unpaired) electrons. The van der Waals surface area contributed by atoms with Crippen LogP contribution in [0.25, 0.3) is 137 Å². The zero-order valence-corrected chi connectivity index (χ0v) is 34.3. The molecule has 5 heteroatoms.